The number of rotatable bonds is 3. The van der Waals surface area contributed by atoms with E-state index in [0.29, 0.717) is 6.61 Å². The van der Waals surface area contributed by atoms with E-state index in [1.54, 1.807) is 6.20 Å². The summed E-state index contributed by atoms with van der Waals surface area (Å²) in [5.41, 5.74) is 8.05. The molecule has 1 saturated heterocycles. The number of benzene rings is 1. The molecule has 0 amide bonds. The van der Waals surface area contributed by atoms with Crippen molar-refractivity contribution in [2.24, 2.45) is 0 Å². The van der Waals surface area contributed by atoms with Gasteiger partial charge in [-0.3, -0.25) is 0 Å². The van der Waals surface area contributed by atoms with E-state index in [-0.39, 0.29) is 12.0 Å². The summed E-state index contributed by atoms with van der Waals surface area (Å²) in [5.74, 6) is 0.665. The number of fused-ring (bicyclic) bond motifs is 1. The third kappa shape index (κ3) is 2.83. The van der Waals surface area contributed by atoms with Gasteiger partial charge in [-0.25, -0.2) is 9.78 Å². The van der Waals surface area contributed by atoms with E-state index >= 15 is 0 Å². The van der Waals surface area contributed by atoms with Gasteiger partial charge in [0.2, 0.25) is 0 Å². The molecule has 0 spiro atoms. The molecule has 5 heteroatoms. The Labute approximate surface area is 136 Å². The minimum Gasteiger partial charge on any atom is -0.464 e. The van der Waals surface area contributed by atoms with Gasteiger partial charge in [0.05, 0.1) is 6.61 Å². The van der Waals surface area contributed by atoms with Crippen molar-refractivity contribution in [2.45, 2.75) is 39.2 Å². The molecule has 23 heavy (non-hydrogen) atoms. The van der Waals surface area contributed by atoms with Crippen molar-refractivity contribution >= 4 is 28.2 Å². The number of nitrogens with zero attached hydrogens (tertiary/aromatic N) is 2. The molecule has 2 heterocycles. The lowest BCUT2D eigenvalue weighted by atomic mass is 10.00. The molecule has 0 aliphatic carbocycles. The van der Waals surface area contributed by atoms with E-state index in [1.165, 1.54) is 0 Å². The summed E-state index contributed by atoms with van der Waals surface area (Å²) in [6.45, 7) is 5.05. The molecule has 1 aliphatic rings. The average Bonchev–Trinajstić information content (AvgIpc) is 2.58. The predicted octanol–water partition coefficient (Wildman–Crippen LogP) is 3.05. The molecule has 1 atom stereocenters. The van der Waals surface area contributed by atoms with Crippen molar-refractivity contribution in [2.75, 3.05) is 23.8 Å². The second kappa shape index (κ2) is 6.44. The topological polar surface area (TPSA) is 68.5 Å². The summed E-state index contributed by atoms with van der Waals surface area (Å²) in [7, 11) is 0. The van der Waals surface area contributed by atoms with Crippen LogP contribution >= 0.6 is 0 Å². The Balaban J connectivity index is 2.07. The van der Waals surface area contributed by atoms with E-state index < -0.39 is 0 Å². The van der Waals surface area contributed by atoms with Crippen LogP contribution in [-0.4, -0.2) is 30.1 Å². The fraction of sp³-hybridized carbons (Fsp3) is 0.444. The molecule has 1 unspecified atom stereocenters. The largest absolute Gasteiger partial charge is 0.464 e. The van der Waals surface area contributed by atoms with Gasteiger partial charge in [-0.2, -0.15) is 0 Å². The predicted molar refractivity (Wildman–Crippen MR) is 92.5 cm³/mol. The van der Waals surface area contributed by atoms with Crippen LogP contribution in [0.4, 0.5) is 11.5 Å². The average molecular weight is 313 g/mol. The van der Waals surface area contributed by atoms with Crippen molar-refractivity contribution in [3.05, 3.63) is 30.0 Å². The van der Waals surface area contributed by atoms with Crippen LogP contribution in [0.25, 0.3) is 10.8 Å². The van der Waals surface area contributed by atoms with Crippen molar-refractivity contribution in [3.63, 3.8) is 0 Å². The number of anilines is 2. The Morgan fingerprint density at radius 1 is 1.35 bits per heavy atom. The summed E-state index contributed by atoms with van der Waals surface area (Å²) in [4.78, 5) is 19.0. The highest BCUT2D eigenvalue weighted by Crippen LogP contribution is 2.33. The van der Waals surface area contributed by atoms with Gasteiger partial charge >= 0.3 is 5.97 Å². The van der Waals surface area contributed by atoms with Gasteiger partial charge in [0.1, 0.15) is 11.9 Å². The third-order valence-corrected chi connectivity index (χ3v) is 4.52. The molecule has 2 N–H and O–H groups in total. The highest BCUT2D eigenvalue weighted by molar-refractivity contribution is 6.01. The zero-order valence-electron chi connectivity index (χ0n) is 13.7. The number of hydrogen-bond acceptors (Lipinski definition) is 5. The van der Waals surface area contributed by atoms with Crippen LogP contribution in [-0.2, 0) is 9.53 Å². The summed E-state index contributed by atoms with van der Waals surface area (Å²) in [6.07, 6.45) is 4.66. The number of carbonyl (C=O) groups is 1. The molecule has 0 saturated carbocycles. The Morgan fingerprint density at radius 3 is 2.96 bits per heavy atom. The first-order chi connectivity index (χ1) is 11.1. The van der Waals surface area contributed by atoms with Gasteiger partial charge in [-0.05, 0) is 44.7 Å². The number of ether oxygens (including phenoxy) is 1. The van der Waals surface area contributed by atoms with Crippen LogP contribution in [0.15, 0.2) is 24.4 Å². The van der Waals surface area contributed by atoms with Crippen molar-refractivity contribution in [1.82, 2.24) is 4.98 Å². The number of hydrogen-bond donors (Lipinski definition) is 1. The second-order valence-corrected chi connectivity index (χ2v) is 5.98. The monoisotopic (exact) mass is 313 g/mol. The standard InChI is InChI=1S/C18H23N3O2/c1-3-23-18(22)15-6-4-5-11-21(15)17-14-8-7-12(2)16(19)13(14)9-10-20-17/h7-10,15H,3-6,11,19H2,1-2H3. The van der Waals surface area contributed by atoms with E-state index in [0.717, 1.165) is 53.6 Å². The molecule has 2 aromatic rings. The van der Waals surface area contributed by atoms with Crippen LogP contribution in [0.3, 0.4) is 0 Å². The molecule has 1 fully saturated rings. The lowest BCUT2D eigenvalue weighted by Gasteiger charge is -2.35. The van der Waals surface area contributed by atoms with Crippen molar-refractivity contribution < 1.29 is 9.53 Å². The summed E-state index contributed by atoms with van der Waals surface area (Å²) in [6, 6.07) is 5.72. The number of aromatic nitrogens is 1. The maximum absolute atomic E-state index is 12.3. The molecule has 122 valence electrons. The molecule has 5 nitrogen and oxygen atoms in total. The van der Waals surface area contributed by atoms with Crippen LogP contribution in [0.1, 0.15) is 31.7 Å². The fourth-order valence-electron chi connectivity index (χ4n) is 3.27. The number of carbonyl (C=O) groups excluding carboxylic acids is 1. The first-order valence-corrected chi connectivity index (χ1v) is 8.20. The van der Waals surface area contributed by atoms with Gasteiger partial charge < -0.3 is 15.4 Å². The molecule has 1 aromatic carbocycles. The molecule has 1 aliphatic heterocycles. The second-order valence-electron chi connectivity index (χ2n) is 5.98. The Morgan fingerprint density at radius 2 is 2.17 bits per heavy atom. The quantitative estimate of drug-likeness (QED) is 0.697. The number of esters is 1. The Kier molecular flexibility index (Phi) is 4.37. The number of piperidine rings is 1. The van der Waals surface area contributed by atoms with E-state index in [9.17, 15) is 4.79 Å². The summed E-state index contributed by atoms with van der Waals surface area (Å²) < 4.78 is 5.25. The van der Waals surface area contributed by atoms with Crippen molar-refractivity contribution in [1.29, 1.82) is 0 Å². The van der Waals surface area contributed by atoms with Crippen LogP contribution in [0.5, 0.6) is 0 Å². The van der Waals surface area contributed by atoms with E-state index in [2.05, 4.69) is 9.88 Å². The lowest BCUT2D eigenvalue weighted by Crippen LogP contribution is -2.46. The highest BCUT2D eigenvalue weighted by atomic mass is 16.5. The first-order valence-electron chi connectivity index (χ1n) is 8.20. The Hall–Kier alpha value is -2.30. The van der Waals surface area contributed by atoms with Gasteiger partial charge in [0, 0.05) is 29.2 Å². The maximum atomic E-state index is 12.3. The summed E-state index contributed by atoms with van der Waals surface area (Å²) >= 11 is 0. The van der Waals surface area contributed by atoms with Gasteiger partial charge in [0.15, 0.2) is 0 Å². The molecule has 0 bridgehead atoms. The third-order valence-electron chi connectivity index (χ3n) is 4.52. The minimum atomic E-state index is -0.260. The van der Waals surface area contributed by atoms with E-state index in [1.807, 2.05) is 32.0 Å². The number of nitrogens with two attached hydrogens (primary N) is 1. The van der Waals surface area contributed by atoms with Crippen LogP contribution in [0, 0.1) is 6.92 Å². The van der Waals surface area contributed by atoms with Gasteiger partial charge in [-0.1, -0.05) is 12.1 Å². The Bertz CT molecular complexity index is 730. The van der Waals surface area contributed by atoms with Gasteiger partial charge in [0.25, 0.3) is 0 Å². The number of aryl methyl sites for hydroxylation is 1. The fourth-order valence-corrected chi connectivity index (χ4v) is 3.27. The molecule has 3 rings (SSSR count). The zero-order valence-corrected chi connectivity index (χ0v) is 13.7. The normalized spacial score (nSPS) is 18.2. The van der Waals surface area contributed by atoms with Crippen LogP contribution in [0.2, 0.25) is 0 Å². The molecule has 1 aromatic heterocycles. The molecular formula is C18H23N3O2. The lowest BCUT2D eigenvalue weighted by molar-refractivity contribution is -0.145. The number of nitrogen functional groups attached to an aromatic ring is 1. The SMILES string of the molecule is CCOC(=O)C1CCCCN1c1nccc2c(N)c(C)ccc12. The molecular weight excluding hydrogens is 290 g/mol. The molecule has 0 radical (unpaired) electrons. The minimum absolute atomic E-state index is 0.161. The summed E-state index contributed by atoms with van der Waals surface area (Å²) in [5, 5.41) is 1.98. The highest BCUT2D eigenvalue weighted by Gasteiger charge is 2.31. The van der Waals surface area contributed by atoms with Crippen LogP contribution < -0.4 is 10.6 Å². The van der Waals surface area contributed by atoms with Crippen molar-refractivity contribution in [3.8, 4) is 0 Å². The zero-order chi connectivity index (χ0) is 16.4. The number of pyridine rings is 1. The smallest absolute Gasteiger partial charge is 0.328 e. The maximum Gasteiger partial charge on any atom is 0.328 e. The van der Waals surface area contributed by atoms with Gasteiger partial charge in [-0.15, -0.1) is 0 Å². The van der Waals surface area contributed by atoms with E-state index in [4.69, 9.17) is 10.5 Å². The first kappa shape index (κ1) is 15.6.